The van der Waals surface area contributed by atoms with Gasteiger partial charge in [0.15, 0.2) is 5.11 Å². The van der Waals surface area contributed by atoms with Crippen LogP contribution in [0, 0.1) is 0 Å². The first-order valence-corrected chi connectivity index (χ1v) is 9.40. The normalized spacial score (nSPS) is 17.1. The van der Waals surface area contributed by atoms with E-state index in [1.165, 1.54) is 0 Å². The standard InChI is InChI=1S/C19H19BrN2O3S/c1-10(2)24-18(23)16-11(3)21-19(26)22-17(16)15-9-8-14(25-15)12-4-6-13(20)7-5-12/h4-10,17H,1-3H3,(H2,21,22,26)/t17-/m0/s1. The number of furan rings is 1. The van der Waals surface area contributed by atoms with Crippen molar-refractivity contribution in [1.29, 1.82) is 0 Å². The summed E-state index contributed by atoms with van der Waals surface area (Å²) in [5, 5.41) is 6.52. The molecule has 0 saturated heterocycles. The number of thiocarbonyl (C=S) groups is 1. The van der Waals surface area contributed by atoms with Gasteiger partial charge in [0.1, 0.15) is 17.6 Å². The first kappa shape index (κ1) is 18.7. The maximum atomic E-state index is 12.6. The topological polar surface area (TPSA) is 63.5 Å². The summed E-state index contributed by atoms with van der Waals surface area (Å²) < 4.78 is 12.4. The predicted octanol–water partition coefficient (Wildman–Crippen LogP) is 4.45. The van der Waals surface area contributed by atoms with E-state index in [-0.39, 0.29) is 6.10 Å². The van der Waals surface area contributed by atoms with Crippen molar-refractivity contribution in [3.63, 3.8) is 0 Å². The Hall–Kier alpha value is -2.12. The minimum absolute atomic E-state index is 0.216. The van der Waals surface area contributed by atoms with Gasteiger partial charge < -0.3 is 19.8 Å². The number of carbonyl (C=O) groups is 1. The van der Waals surface area contributed by atoms with Gasteiger partial charge in [-0.2, -0.15) is 0 Å². The molecule has 0 bridgehead atoms. The second-order valence-corrected chi connectivity index (χ2v) is 7.56. The van der Waals surface area contributed by atoms with Gasteiger partial charge in [0.2, 0.25) is 0 Å². The van der Waals surface area contributed by atoms with Crippen LogP contribution in [0.3, 0.4) is 0 Å². The number of hydrogen-bond donors (Lipinski definition) is 2. The SMILES string of the molecule is CC1=C(C(=O)OC(C)C)[C@H](c2ccc(-c3ccc(Br)cc3)o2)NC(=S)N1. The van der Waals surface area contributed by atoms with E-state index >= 15 is 0 Å². The Morgan fingerprint density at radius 2 is 1.92 bits per heavy atom. The number of carbonyl (C=O) groups excluding carboxylic acids is 1. The molecule has 136 valence electrons. The number of esters is 1. The van der Waals surface area contributed by atoms with Gasteiger partial charge in [0, 0.05) is 15.7 Å². The molecule has 2 aromatic rings. The minimum Gasteiger partial charge on any atom is -0.459 e. The molecule has 7 heteroatoms. The Labute approximate surface area is 165 Å². The second-order valence-electron chi connectivity index (χ2n) is 6.23. The first-order chi connectivity index (χ1) is 12.3. The van der Waals surface area contributed by atoms with Crippen LogP contribution < -0.4 is 10.6 Å². The molecule has 0 fully saturated rings. The molecule has 0 radical (unpaired) electrons. The number of hydrogen-bond acceptors (Lipinski definition) is 4. The summed E-state index contributed by atoms with van der Waals surface area (Å²) in [6.07, 6.45) is -0.216. The smallest absolute Gasteiger partial charge is 0.338 e. The highest BCUT2D eigenvalue weighted by Crippen LogP contribution is 2.32. The van der Waals surface area contributed by atoms with Crippen LogP contribution in [-0.2, 0) is 9.53 Å². The fraction of sp³-hybridized carbons (Fsp3) is 0.263. The lowest BCUT2D eigenvalue weighted by atomic mass is 10.0. The molecular weight excluding hydrogens is 416 g/mol. The zero-order valence-electron chi connectivity index (χ0n) is 14.6. The Balaban J connectivity index is 1.95. The molecule has 2 heterocycles. The Morgan fingerprint density at radius 1 is 1.23 bits per heavy atom. The van der Waals surface area contributed by atoms with Crippen LogP contribution >= 0.6 is 28.1 Å². The predicted molar refractivity (Wildman–Crippen MR) is 107 cm³/mol. The molecular formula is C19H19BrN2O3S. The van der Waals surface area contributed by atoms with E-state index < -0.39 is 12.0 Å². The maximum absolute atomic E-state index is 12.6. The van der Waals surface area contributed by atoms with Gasteiger partial charge >= 0.3 is 5.97 Å². The Kier molecular flexibility index (Phi) is 5.48. The minimum atomic E-state index is -0.501. The van der Waals surface area contributed by atoms with Crippen molar-refractivity contribution in [3.8, 4) is 11.3 Å². The highest BCUT2D eigenvalue weighted by Gasteiger charge is 2.33. The average molecular weight is 435 g/mol. The summed E-state index contributed by atoms with van der Waals surface area (Å²) in [6.45, 7) is 5.43. The van der Waals surface area contributed by atoms with Gasteiger partial charge in [-0.15, -0.1) is 0 Å². The number of nitrogens with one attached hydrogen (secondary N) is 2. The maximum Gasteiger partial charge on any atom is 0.338 e. The summed E-state index contributed by atoms with van der Waals surface area (Å²) in [6, 6.07) is 11.0. The lowest BCUT2D eigenvalue weighted by molar-refractivity contribution is -0.143. The van der Waals surface area contributed by atoms with Crippen LogP contribution in [0.1, 0.15) is 32.6 Å². The molecule has 0 saturated carbocycles. The van der Waals surface area contributed by atoms with Crippen LogP contribution in [0.5, 0.6) is 0 Å². The molecule has 1 aromatic carbocycles. The summed E-state index contributed by atoms with van der Waals surface area (Å²) in [4.78, 5) is 12.6. The van der Waals surface area contributed by atoms with Gasteiger partial charge in [-0.25, -0.2) is 4.79 Å². The largest absolute Gasteiger partial charge is 0.459 e. The van der Waals surface area contributed by atoms with Crippen molar-refractivity contribution in [3.05, 3.63) is 57.9 Å². The second kappa shape index (κ2) is 7.63. The number of ether oxygens (including phenoxy) is 1. The van der Waals surface area contributed by atoms with Gasteiger partial charge in [-0.3, -0.25) is 0 Å². The molecule has 0 spiro atoms. The lowest BCUT2D eigenvalue weighted by Gasteiger charge is -2.28. The highest BCUT2D eigenvalue weighted by molar-refractivity contribution is 9.10. The summed E-state index contributed by atoms with van der Waals surface area (Å²) in [5.41, 5.74) is 2.07. The quantitative estimate of drug-likeness (QED) is 0.547. The monoisotopic (exact) mass is 434 g/mol. The molecule has 0 amide bonds. The molecule has 1 aliphatic heterocycles. The molecule has 0 unspecified atom stereocenters. The van der Waals surface area contributed by atoms with E-state index in [2.05, 4.69) is 26.6 Å². The van der Waals surface area contributed by atoms with Crippen LogP contribution in [-0.4, -0.2) is 17.2 Å². The van der Waals surface area contributed by atoms with Crippen LogP contribution in [0.15, 0.2) is 56.6 Å². The van der Waals surface area contributed by atoms with E-state index in [0.717, 1.165) is 10.0 Å². The number of benzene rings is 1. The number of halogens is 1. The third-order valence-electron chi connectivity index (χ3n) is 3.87. The van der Waals surface area contributed by atoms with E-state index in [4.69, 9.17) is 21.4 Å². The van der Waals surface area contributed by atoms with E-state index in [9.17, 15) is 4.79 Å². The van der Waals surface area contributed by atoms with Crippen LogP contribution in [0.25, 0.3) is 11.3 Å². The summed E-state index contributed by atoms with van der Waals surface area (Å²) >= 11 is 8.67. The fourth-order valence-electron chi connectivity index (χ4n) is 2.73. The summed E-state index contributed by atoms with van der Waals surface area (Å²) in [7, 11) is 0. The van der Waals surface area contributed by atoms with Crippen molar-refractivity contribution in [1.82, 2.24) is 10.6 Å². The third kappa shape index (κ3) is 3.99. The highest BCUT2D eigenvalue weighted by atomic mass is 79.9. The molecule has 1 aromatic heterocycles. The lowest BCUT2D eigenvalue weighted by Crippen LogP contribution is -2.45. The van der Waals surface area contributed by atoms with Gasteiger partial charge in [0.25, 0.3) is 0 Å². The zero-order valence-corrected chi connectivity index (χ0v) is 17.0. The molecule has 1 atom stereocenters. The zero-order chi connectivity index (χ0) is 18.8. The van der Waals surface area contributed by atoms with Crippen molar-refractivity contribution < 1.29 is 13.9 Å². The van der Waals surface area contributed by atoms with Crippen molar-refractivity contribution >= 4 is 39.2 Å². The number of allylic oxidation sites excluding steroid dienone is 1. The Bertz CT molecular complexity index is 871. The van der Waals surface area contributed by atoms with Gasteiger partial charge in [0.05, 0.1) is 11.7 Å². The molecule has 5 nitrogen and oxygen atoms in total. The first-order valence-electron chi connectivity index (χ1n) is 8.20. The molecule has 26 heavy (non-hydrogen) atoms. The van der Waals surface area contributed by atoms with Crippen molar-refractivity contribution in [2.24, 2.45) is 0 Å². The molecule has 0 aliphatic carbocycles. The van der Waals surface area contributed by atoms with Crippen molar-refractivity contribution in [2.45, 2.75) is 32.9 Å². The Morgan fingerprint density at radius 3 is 2.58 bits per heavy atom. The molecule has 1 aliphatic rings. The molecule has 3 rings (SSSR count). The fourth-order valence-corrected chi connectivity index (χ4v) is 3.27. The third-order valence-corrected chi connectivity index (χ3v) is 4.62. The van der Waals surface area contributed by atoms with E-state index in [0.29, 0.717) is 27.9 Å². The molecule has 2 N–H and O–H groups in total. The van der Waals surface area contributed by atoms with E-state index in [1.807, 2.05) is 50.2 Å². The summed E-state index contributed by atoms with van der Waals surface area (Å²) in [5.74, 6) is 0.918. The number of rotatable bonds is 4. The van der Waals surface area contributed by atoms with Crippen molar-refractivity contribution in [2.75, 3.05) is 0 Å². The van der Waals surface area contributed by atoms with Gasteiger partial charge in [-0.1, -0.05) is 28.1 Å². The van der Waals surface area contributed by atoms with Gasteiger partial charge in [-0.05, 0) is 57.3 Å². The average Bonchev–Trinajstić information content (AvgIpc) is 3.03. The van der Waals surface area contributed by atoms with Crippen LogP contribution in [0.4, 0.5) is 0 Å². The van der Waals surface area contributed by atoms with Crippen LogP contribution in [0.2, 0.25) is 0 Å². The van der Waals surface area contributed by atoms with E-state index in [1.54, 1.807) is 6.92 Å².